The van der Waals surface area contributed by atoms with E-state index in [9.17, 15) is 14.0 Å². The van der Waals surface area contributed by atoms with Crippen LogP contribution in [0, 0.1) is 11.7 Å². The zero-order valence-corrected chi connectivity index (χ0v) is 15.3. The maximum atomic E-state index is 13.1. The van der Waals surface area contributed by atoms with Crippen LogP contribution in [-0.2, 0) is 9.53 Å². The minimum absolute atomic E-state index is 0. The lowest BCUT2D eigenvalue weighted by atomic mass is 10.2. The number of nitrogen functional groups attached to an aromatic ring is 1. The first-order valence-corrected chi connectivity index (χ1v) is 7.29. The first-order valence-electron chi connectivity index (χ1n) is 7.29. The van der Waals surface area contributed by atoms with Crippen molar-refractivity contribution in [2.24, 2.45) is 5.92 Å². The zero-order valence-electron chi connectivity index (χ0n) is 14.3. The van der Waals surface area contributed by atoms with Gasteiger partial charge in [0.1, 0.15) is 6.23 Å². The lowest BCUT2D eigenvalue weighted by molar-refractivity contribution is -0.140. The lowest BCUT2D eigenvalue weighted by Gasteiger charge is -2.14. The van der Waals surface area contributed by atoms with Gasteiger partial charge in [0.25, 0.3) is 0 Å². The number of aromatic nitrogens is 2. The van der Waals surface area contributed by atoms with Crippen molar-refractivity contribution >= 4 is 25.3 Å². The minimum atomic E-state index is -0.754. The van der Waals surface area contributed by atoms with Crippen LogP contribution in [0.5, 0.6) is 0 Å². The molecule has 2 rings (SSSR count). The lowest BCUT2D eigenvalue weighted by Crippen LogP contribution is -2.28. The number of anilines is 1. The molecule has 1 aliphatic rings. The Morgan fingerprint density at radius 3 is 2.44 bits per heavy atom. The molecule has 10 heteroatoms. The molecule has 2 atom stereocenters. The fourth-order valence-electron chi connectivity index (χ4n) is 1.69. The van der Waals surface area contributed by atoms with Gasteiger partial charge in [-0.25, -0.2) is 9.18 Å². The number of aliphatic hydroxyl groups is 1. The van der Waals surface area contributed by atoms with Crippen molar-refractivity contribution in [2.45, 2.75) is 39.0 Å². The average Bonchev–Trinajstić information content (AvgIpc) is 3.02. The molecule has 0 bridgehead atoms. The third-order valence-corrected chi connectivity index (χ3v) is 3.03. The summed E-state index contributed by atoms with van der Waals surface area (Å²) in [6.45, 7) is 9.17. The fraction of sp³-hybridized carbons (Fsp3) is 0.533. The molecule has 2 unspecified atom stereocenters. The van der Waals surface area contributed by atoms with Gasteiger partial charge in [0.15, 0.2) is 11.6 Å². The molecule has 4 N–H and O–H groups in total. The molecule has 0 saturated carbocycles. The molecular weight excluding hydrogens is 353 g/mol. The maximum Gasteiger partial charge on any atom is 0.351 e. The Morgan fingerprint density at radius 1 is 1.52 bits per heavy atom. The second-order valence-corrected chi connectivity index (χ2v) is 5.13. The number of aliphatic carboxylic acids is 1. The van der Waals surface area contributed by atoms with Crippen LogP contribution >= 0.6 is 13.5 Å². The van der Waals surface area contributed by atoms with Gasteiger partial charge in [0.05, 0.1) is 24.8 Å². The molecule has 0 aliphatic carbocycles. The van der Waals surface area contributed by atoms with E-state index in [2.05, 4.69) is 18.1 Å². The van der Waals surface area contributed by atoms with Crippen LogP contribution in [0.25, 0.3) is 0 Å². The Balaban J connectivity index is 0. The van der Waals surface area contributed by atoms with Crippen molar-refractivity contribution in [1.82, 2.24) is 9.55 Å². The highest BCUT2D eigenvalue weighted by Gasteiger charge is 2.27. The van der Waals surface area contributed by atoms with E-state index in [1.54, 1.807) is 13.8 Å². The van der Waals surface area contributed by atoms with Crippen LogP contribution in [0.3, 0.4) is 0 Å². The molecule has 0 radical (unpaired) electrons. The van der Waals surface area contributed by atoms with Crippen molar-refractivity contribution in [1.29, 1.82) is 0 Å². The van der Waals surface area contributed by atoms with Gasteiger partial charge in [-0.2, -0.15) is 18.5 Å². The highest BCUT2D eigenvalue weighted by Crippen LogP contribution is 2.26. The largest absolute Gasteiger partial charge is 0.481 e. The Hall–Kier alpha value is -1.91. The van der Waals surface area contributed by atoms with E-state index in [4.69, 9.17) is 20.7 Å². The number of hydrogen-bond donors (Lipinski definition) is 3. The van der Waals surface area contributed by atoms with Gasteiger partial charge in [0, 0.05) is 0 Å². The van der Waals surface area contributed by atoms with E-state index in [1.807, 2.05) is 0 Å². The summed E-state index contributed by atoms with van der Waals surface area (Å²) in [5, 5.41) is 16.9. The average molecular weight is 379 g/mol. The summed E-state index contributed by atoms with van der Waals surface area (Å²) in [5.41, 5.74) is 4.51. The third-order valence-electron chi connectivity index (χ3n) is 3.03. The quantitative estimate of drug-likeness (QED) is 0.675. The molecule has 2 heterocycles. The van der Waals surface area contributed by atoms with E-state index >= 15 is 0 Å². The van der Waals surface area contributed by atoms with Crippen molar-refractivity contribution < 1.29 is 24.1 Å². The van der Waals surface area contributed by atoms with Gasteiger partial charge in [-0.05, 0) is 12.8 Å². The van der Waals surface area contributed by atoms with Gasteiger partial charge in [-0.1, -0.05) is 13.8 Å². The summed E-state index contributed by atoms with van der Waals surface area (Å²) in [7, 11) is 0. The van der Waals surface area contributed by atoms with E-state index in [0.717, 1.165) is 10.8 Å². The van der Waals surface area contributed by atoms with Crippen LogP contribution in [0.1, 0.15) is 32.9 Å². The number of aliphatic hydroxyl groups excluding tert-OH is 1. The molecule has 0 amide bonds. The molecule has 1 fully saturated rings. The van der Waals surface area contributed by atoms with Crippen molar-refractivity contribution in [3.63, 3.8) is 0 Å². The summed E-state index contributed by atoms with van der Waals surface area (Å²) in [6.07, 6.45) is 1.26. The summed E-state index contributed by atoms with van der Waals surface area (Å²) in [6, 6.07) is 0. The Bertz CT molecular complexity index is 597. The molecule has 8 nitrogen and oxygen atoms in total. The Labute approximate surface area is 152 Å². The van der Waals surface area contributed by atoms with Crippen molar-refractivity contribution in [2.75, 3.05) is 12.3 Å². The standard InChI is InChI=1S/C9H12FN3O3.C4H8O2.C2H4.H2S/c10-6-3-13(9(15)12-8(6)11)7-2-1-5(4-14)16-7;1-3(2)4(5)6;1-2;/h3,5,7,14H,1-2,4H2,(H2,11,12,15);3H,1-2H3,(H,5,6);1-2H2;1H2. The molecule has 1 aromatic heterocycles. The number of carbonyl (C=O) groups is 1. The molecule has 25 heavy (non-hydrogen) atoms. The minimum Gasteiger partial charge on any atom is -0.481 e. The van der Waals surface area contributed by atoms with Crippen LogP contribution in [0.2, 0.25) is 0 Å². The smallest absolute Gasteiger partial charge is 0.351 e. The van der Waals surface area contributed by atoms with E-state index in [-0.39, 0.29) is 32.1 Å². The number of rotatable bonds is 3. The second-order valence-electron chi connectivity index (χ2n) is 5.13. The molecule has 0 spiro atoms. The van der Waals surface area contributed by atoms with E-state index in [0.29, 0.717) is 12.8 Å². The van der Waals surface area contributed by atoms with Gasteiger partial charge >= 0.3 is 11.7 Å². The number of halogens is 1. The van der Waals surface area contributed by atoms with Crippen molar-refractivity contribution in [3.05, 3.63) is 35.7 Å². The first kappa shape index (κ1) is 25.3. The van der Waals surface area contributed by atoms with Crippen LogP contribution in [0.4, 0.5) is 10.2 Å². The molecule has 0 aromatic carbocycles. The molecule has 1 aromatic rings. The molecule has 144 valence electrons. The normalized spacial score (nSPS) is 18.3. The molecule has 1 aliphatic heterocycles. The third kappa shape index (κ3) is 8.14. The second kappa shape index (κ2) is 12.5. The SMILES string of the molecule is C=C.CC(C)C(=O)O.Nc1nc(=O)n(C2CCC(CO)O2)cc1F.S. The van der Waals surface area contributed by atoms with Gasteiger partial charge < -0.3 is 20.7 Å². The summed E-state index contributed by atoms with van der Waals surface area (Å²) >= 11 is 0. The summed E-state index contributed by atoms with van der Waals surface area (Å²) < 4.78 is 19.5. The highest BCUT2D eigenvalue weighted by atomic mass is 32.1. The number of carboxylic acid groups (broad SMARTS) is 1. The number of carboxylic acids is 1. The number of ether oxygens (including phenoxy) is 1. The Morgan fingerprint density at radius 2 is 2.04 bits per heavy atom. The predicted octanol–water partition coefficient (Wildman–Crippen LogP) is 1.28. The van der Waals surface area contributed by atoms with E-state index < -0.39 is 29.5 Å². The van der Waals surface area contributed by atoms with Crippen LogP contribution in [-0.4, -0.2) is 38.4 Å². The van der Waals surface area contributed by atoms with Crippen LogP contribution in [0.15, 0.2) is 24.1 Å². The Kier molecular flexibility index (Phi) is 12.6. The summed E-state index contributed by atoms with van der Waals surface area (Å²) in [4.78, 5) is 24.5. The maximum absolute atomic E-state index is 13.1. The fourth-order valence-corrected chi connectivity index (χ4v) is 1.69. The van der Waals surface area contributed by atoms with E-state index in [1.165, 1.54) is 0 Å². The van der Waals surface area contributed by atoms with Gasteiger partial charge in [0.2, 0.25) is 0 Å². The number of nitrogens with zero attached hydrogens (tertiary/aromatic N) is 2. The zero-order chi connectivity index (χ0) is 18.9. The number of nitrogens with two attached hydrogens (primary N) is 1. The number of hydrogen-bond acceptors (Lipinski definition) is 6. The van der Waals surface area contributed by atoms with Crippen LogP contribution < -0.4 is 11.4 Å². The van der Waals surface area contributed by atoms with Gasteiger partial charge in [-0.15, -0.1) is 13.2 Å². The van der Waals surface area contributed by atoms with Crippen molar-refractivity contribution in [3.8, 4) is 0 Å². The molecular formula is C15H26FN3O5S. The topological polar surface area (TPSA) is 128 Å². The van der Waals surface area contributed by atoms with Gasteiger partial charge in [-0.3, -0.25) is 9.36 Å². The monoisotopic (exact) mass is 379 g/mol. The first-order chi connectivity index (χ1) is 11.3. The summed E-state index contributed by atoms with van der Waals surface area (Å²) in [5.74, 6) is -2.14. The molecule has 1 saturated heterocycles. The highest BCUT2D eigenvalue weighted by molar-refractivity contribution is 7.59. The predicted molar refractivity (Wildman–Crippen MR) is 97.2 cm³/mol.